The van der Waals surface area contributed by atoms with Crippen LogP contribution in [0.3, 0.4) is 0 Å². The fraction of sp³-hybridized carbons (Fsp3) is 0.0769. The average Bonchev–Trinajstić information content (AvgIpc) is 2.38. The minimum atomic E-state index is -0.546. The molecule has 0 fully saturated rings. The van der Waals surface area contributed by atoms with Crippen molar-refractivity contribution in [2.45, 2.75) is 0 Å². The highest BCUT2D eigenvalue weighted by atomic mass is 16.5. The van der Waals surface area contributed by atoms with Crippen LogP contribution in [0.5, 0.6) is 5.75 Å². The van der Waals surface area contributed by atoms with E-state index in [-0.39, 0.29) is 5.56 Å². The van der Waals surface area contributed by atoms with Gasteiger partial charge in [0.15, 0.2) is 0 Å². The highest BCUT2D eigenvalue weighted by molar-refractivity contribution is 5.42. The Balaban J connectivity index is 2.30. The van der Waals surface area contributed by atoms with Gasteiger partial charge in [0.25, 0.3) is 5.56 Å². The summed E-state index contributed by atoms with van der Waals surface area (Å²) >= 11 is 0. The second-order valence-corrected chi connectivity index (χ2v) is 3.46. The molecular weight excluding hydrogens is 232 g/mol. The first-order valence-corrected chi connectivity index (χ1v) is 5.17. The molecule has 1 aromatic heterocycles. The molecule has 0 aliphatic carbocycles. The lowest BCUT2D eigenvalue weighted by molar-refractivity contribution is 0.415. The van der Waals surface area contributed by atoms with Crippen molar-refractivity contribution in [1.29, 1.82) is 0 Å². The Morgan fingerprint density at radius 3 is 2.44 bits per heavy atom. The second-order valence-electron chi connectivity index (χ2n) is 3.46. The topological polar surface area (TPSA) is 75.0 Å². The van der Waals surface area contributed by atoms with E-state index in [2.05, 4.69) is 21.8 Å². The summed E-state index contributed by atoms with van der Waals surface area (Å²) in [6, 6.07) is 7.12. The van der Waals surface area contributed by atoms with Crippen LogP contribution >= 0.6 is 0 Å². The third kappa shape index (κ3) is 2.68. The molecule has 5 heteroatoms. The lowest BCUT2D eigenvalue weighted by Gasteiger charge is -1.97. The summed E-state index contributed by atoms with van der Waals surface area (Å²) in [5.41, 5.74) is -0.0819. The minimum Gasteiger partial charge on any atom is -0.497 e. The number of nitrogens with one attached hydrogen (secondary N) is 2. The number of benzene rings is 1. The molecule has 0 saturated carbocycles. The third-order valence-electron chi connectivity index (χ3n) is 2.25. The quantitative estimate of drug-likeness (QED) is 0.714. The summed E-state index contributed by atoms with van der Waals surface area (Å²) in [6.45, 7) is 0. The van der Waals surface area contributed by atoms with Gasteiger partial charge in [0, 0.05) is 11.8 Å². The van der Waals surface area contributed by atoms with Gasteiger partial charge in [-0.25, -0.2) is 4.79 Å². The van der Waals surface area contributed by atoms with Crippen LogP contribution in [0.25, 0.3) is 0 Å². The van der Waals surface area contributed by atoms with E-state index in [1.54, 1.807) is 31.4 Å². The molecule has 0 spiro atoms. The van der Waals surface area contributed by atoms with E-state index in [1.807, 2.05) is 0 Å². The maximum absolute atomic E-state index is 11.4. The van der Waals surface area contributed by atoms with Crippen molar-refractivity contribution < 1.29 is 4.74 Å². The fourth-order valence-electron chi connectivity index (χ4n) is 1.32. The van der Waals surface area contributed by atoms with Crippen LogP contribution in [0.4, 0.5) is 0 Å². The SMILES string of the molecule is COc1ccc(C#Cc2c[nH]c(=O)[nH]c2=O)cc1. The number of hydrogen-bond donors (Lipinski definition) is 2. The van der Waals surface area contributed by atoms with Crippen molar-refractivity contribution in [2.24, 2.45) is 0 Å². The molecule has 1 heterocycles. The summed E-state index contributed by atoms with van der Waals surface area (Å²) in [7, 11) is 1.58. The second kappa shape index (κ2) is 5.06. The number of rotatable bonds is 1. The van der Waals surface area contributed by atoms with Crippen molar-refractivity contribution in [2.75, 3.05) is 7.11 Å². The fourth-order valence-corrected chi connectivity index (χ4v) is 1.32. The molecule has 2 rings (SSSR count). The lowest BCUT2D eigenvalue weighted by Crippen LogP contribution is -2.23. The first-order valence-electron chi connectivity index (χ1n) is 5.17. The largest absolute Gasteiger partial charge is 0.497 e. The van der Waals surface area contributed by atoms with Gasteiger partial charge in [-0.1, -0.05) is 11.8 Å². The van der Waals surface area contributed by atoms with Crippen molar-refractivity contribution in [3.8, 4) is 17.6 Å². The van der Waals surface area contributed by atoms with Gasteiger partial charge in [-0.3, -0.25) is 9.78 Å². The van der Waals surface area contributed by atoms with Crippen molar-refractivity contribution in [1.82, 2.24) is 9.97 Å². The van der Waals surface area contributed by atoms with Crippen molar-refractivity contribution in [3.63, 3.8) is 0 Å². The predicted octanol–water partition coefficient (Wildman–Crippen LogP) is 0.472. The molecule has 0 aliphatic heterocycles. The number of H-pyrrole nitrogens is 2. The van der Waals surface area contributed by atoms with Crippen LogP contribution in [-0.4, -0.2) is 17.1 Å². The Hall–Kier alpha value is -2.74. The van der Waals surface area contributed by atoms with E-state index < -0.39 is 11.2 Å². The van der Waals surface area contributed by atoms with E-state index in [0.717, 1.165) is 11.3 Å². The van der Waals surface area contributed by atoms with Crippen LogP contribution in [-0.2, 0) is 0 Å². The standard InChI is InChI=1S/C13H10N2O3/c1-18-11-6-3-9(4-7-11)2-5-10-8-14-13(17)15-12(10)16/h3-4,6-8H,1H3,(H2,14,15,16,17). The van der Waals surface area contributed by atoms with E-state index in [0.29, 0.717) is 0 Å². The van der Waals surface area contributed by atoms with Crippen LogP contribution in [0.2, 0.25) is 0 Å². The van der Waals surface area contributed by atoms with Gasteiger partial charge in [0.05, 0.1) is 7.11 Å². The summed E-state index contributed by atoms with van der Waals surface area (Å²) in [5, 5.41) is 0. The van der Waals surface area contributed by atoms with E-state index >= 15 is 0 Å². The number of ether oxygens (including phenoxy) is 1. The van der Waals surface area contributed by atoms with Crippen LogP contribution in [0, 0.1) is 11.8 Å². The Bertz CT molecular complexity index is 715. The minimum absolute atomic E-state index is 0.213. The Kier molecular flexibility index (Phi) is 3.30. The average molecular weight is 242 g/mol. The molecule has 0 saturated heterocycles. The summed E-state index contributed by atoms with van der Waals surface area (Å²) < 4.78 is 5.02. The maximum Gasteiger partial charge on any atom is 0.325 e. The van der Waals surface area contributed by atoms with Crippen molar-refractivity contribution in [3.05, 3.63) is 62.4 Å². The first kappa shape index (κ1) is 11.7. The van der Waals surface area contributed by atoms with Gasteiger partial charge in [-0.2, -0.15) is 0 Å². The molecule has 0 atom stereocenters. The third-order valence-corrected chi connectivity index (χ3v) is 2.25. The molecule has 5 nitrogen and oxygen atoms in total. The van der Waals surface area contributed by atoms with E-state index in [9.17, 15) is 9.59 Å². The van der Waals surface area contributed by atoms with Crippen LogP contribution < -0.4 is 16.0 Å². The Labute approximate surface area is 102 Å². The number of aromatic amines is 2. The Morgan fingerprint density at radius 2 is 1.83 bits per heavy atom. The summed E-state index contributed by atoms with van der Waals surface area (Å²) in [4.78, 5) is 26.6. The molecule has 0 bridgehead atoms. The van der Waals surface area contributed by atoms with Gasteiger partial charge in [-0.05, 0) is 24.3 Å². The molecule has 1 aromatic carbocycles. The van der Waals surface area contributed by atoms with Crippen LogP contribution in [0.15, 0.2) is 40.1 Å². The van der Waals surface area contributed by atoms with Crippen LogP contribution in [0.1, 0.15) is 11.1 Å². The Morgan fingerprint density at radius 1 is 1.11 bits per heavy atom. The maximum atomic E-state index is 11.4. The normalized spacial score (nSPS) is 9.39. The number of hydrogen-bond acceptors (Lipinski definition) is 3. The van der Waals surface area contributed by atoms with Gasteiger partial charge < -0.3 is 9.72 Å². The predicted molar refractivity (Wildman–Crippen MR) is 66.7 cm³/mol. The molecule has 2 aromatic rings. The van der Waals surface area contributed by atoms with Crippen molar-refractivity contribution >= 4 is 0 Å². The molecule has 0 radical (unpaired) electrons. The summed E-state index contributed by atoms with van der Waals surface area (Å²) in [5.74, 6) is 6.25. The number of methoxy groups -OCH3 is 1. The zero-order valence-corrected chi connectivity index (χ0v) is 9.61. The zero-order valence-electron chi connectivity index (χ0n) is 9.61. The molecule has 0 amide bonds. The monoisotopic (exact) mass is 242 g/mol. The molecule has 2 N–H and O–H groups in total. The van der Waals surface area contributed by atoms with Gasteiger partial charge >= 0.3 is 5.69 Å². The molecule has 0 unspecified atom stereocenters. The zero-order chi connectivity index (χ0) is 13.0. The smallest absolute Gasteiger partial charge is 0.325 e. The van der Waals surface area contributed by atoms with Gasteiger partial charge in [0.1, 0.15) is 11.3 Å². The molecule has 18 heavy (non-hydrogen) atoms. The molecule has 90 valence electrons. The molecule has 0 aliphatic rings. The highest BCUT2D eigenvalue weighted by Gasteiger charge is 1.95. The van der Waals surface area contributed by atoms with Gasteiger partial charge in [-0.15, -0.1) is 0 Å². The lowest BCUT2D eigenvalue weighted by atomic mass is 10.2. The van der Waals surface area contributed by atoms with E-state index in [4.69, 9.17) is 4.74 Å². The number of aromatic nitrogens is 2. The first-order chi connectivity index (χ1) is 8.69. The summed E-state index contributed by atoms with van der Waals surface area (Å²) in [6.07, 6.45) is 1.29. The molecular formula is C13H10N2O3. The van der Waals surface area contributed by atoms with Gasteiger partial charge in [0.2, 0.25) is 0 Å². The van der Waals surface area contributed by atoms with E-state index in [1.165, 1.54) is 6.20 Å². The highest BCUT2D eigenvalue weighted by Crippen LogP contribution is 2.10.